The second kappa shape index (κ2) is 13.9. The lowest BCUT2D eigenvalue weighted by Crippen LogP contribution is -2.08. The molecular formula is C22H37NO2. The highest BCUT2D eigenvalue weighted by atomic mass is 16.4. The van der Waals surface area contributed by atoms with Crippen molar-refractivity contribution >= 4 is 5.97 Å². The summed E-state index contributed by atoms with van der Waals surface area (Å²) in [6.45, 7) is 4.50. The van der Waals surface area contributed by atoms with Crippen LogP contribution in [0.1, 0.15) is 107 Å². The molecule has 1 heterocycles. The molecule has 3 heteroatoms. The van der Waals surface area contributed by atoms with Gasteiger partial charge >= 0.3 is 5.97 Å². The average molecular weight is 348 g/mol. The summed E-state index contributed by atoms with van der Waals surface area (Å²) in [6, 6.07) is 3.33. The van der Waals surface area contributed by atoms with Crippen LogP contribution < -0.4 is 0 Å². The Balaban J connectivity index is 2.48. The Bertz CT molecular complexity index is 473. The minimum atomic E-state index is -0.862. The van der Waals surface area contributed by atoms with Gasteiger partial charge in [-0.05, 0) is 24.5 Å². The minimum absolute atomic E-state index is 0.356. The zero-order valence-electron chi connectivity index (χ0n) is 16.3. The van der Waals surface area contributed by atoms with Gasteiger partial charge in [0.1, 0.15) is 0 Å². The van der Waals surface area contributed by atoms with Gasteiger partial charge in [0.05, 0.1) is 5.56 Å². The third-order valence-electron chi connectivity index (χ3n) is 4.99. The number of hydrogen-bond donors (Lipinski definition) is 1. The Morgan fingerprint density at radius 3 is 2.12 bits per heavy atom. The zero-order valence-corrected chi connectivity index (χ0v) is 16.3. The van der Waals surface area contributed by atoms with Crippen LogP contribution in [0.25, 0.3) is 0 Å². The molecule has 0 fully saturated rings. The number of aromatic nitrogens is 1. The Hall–Kier alpha value is -1.38. The van der Waals surface area contributed by atoms with E-state index in [9.17, 15) is 4.79 Å². The van der Waals surface area contributed by atoms with E-state index in [1.165, 1.54) is 77.0 Å². The summed E-state index contributed by atoms with van der Waals surface area (Å²) in [5, 5.41) is 9.16. The monoisotopic (exact) mass is 347 g/mol. The maximum absolute atomic E-state index is 11.2. The summed E-state index contributed by atoms with van der Waals surface area (Å²) in [5.41, 5.74) is 1.29. The zero-order chi connectivity index (χ0) is 18.3. The summed E-state index contributed by atoms with van der Waals surface area (Å²) >= 11 is 0. The molecule has 0 aliphatic rings. The summed E-state index contributed by atoms with van der Waals surface area (Å²) < 4.78 is 0. The number of rotatable bonds is 15. The third-order valence-corrected chi connectivity index (χ3v) is 4.99. The van der Waals surface area contributed by atoms with Crippen LogP contribution in [-0.2, 0) is 6.42 Å². The third kappa shape index (κ3) is 10.3. The molecule has 142 valence electrons. The number of nitrogens with zero attached hydrogens (tertiary/aromatic N) is 1. The van der Waals surface area contributed by atoms with Gasteiger partial charge in [-0.2, -0.15) is 0 Å². The Kier molecular flexibility index (Phi) is 12.0. The quantitative estimate of drug-likeness (QED) is 0.361. The molecule has 1 atom stereocenters. The largest absolute Gasteiger partial charge is 0.478 e. The van der Waals surface area contributed by atoms with Gasteiger partial charge in [0.15, 0.2) is 0 Å². The first-order valence-corrected chi connectivity index (χ1v) is 10.4. The number of carboxylic acid groups (broad SMARTS) is 1. The molecule has 3 nitrogen and oxygen atoms in total. The van der Waals surface area contributed by atoms with Crippen molar-refractivity contribution in [3.63, 3.8) is 0 Å². The van der Waals surface area contributed by atoms with Crippen molar-refractivity contribution in [3.05, 3.63) is 29.6 Å². The van der Waals surface area contributed by atoms with E-state index >= 15 is 0 Å². The van der Waals surface area contributed by atoms with Crippen molar-refractivity contribution in [3.8, 4) is 0 Å². The number of hydrogen-bond acceptors (Lipinski definition) is 2. The summed E-state index contributed by atoms with van der Waals surface area (Å²) in [6.07, 6.45) is 18.2. The van der Waals surface area contributed by atoms with Gasteiger partial charge in [-0.25, -0.2) is 4.79 Å². The van der Waals surface area contributed by atoms with Gasteiger partial charge in [-0.15, -0.1) is 0 Å². The molecule has 0 saturated carbocycles. The van der Waals surface area contributed by atoms with Crippen molar-refractivity contribution in [2.24, 2.45) is 5.92 Å². The van der Waals surface area contributed by atoms with Crippen LogP contribution >= 0.6 is 0 Å². The summed E-state index contributed by atoms with van der Waals surface area (Å²) in [5.74, 6) is -0.223. The molecule has 0 aliphatic heterocycles. The molecule has 0 amide bonds. The van der Waals surface area contributed by atoms with Crippen molar-refractivity contribution in [2.45, 2.75) is 97.3 Å². The van der Waals surface area contributed by atoms with Crippen molar-refractivity contribution in [2.75, 3.05) is 0 Å². The Morgan fingerprint density at radius 1 is 0.960 bits per heavy atom. The first kappa shape index (κ1) is 21.7. The Labute approximate surface area is 154 Å². The highest BCUT2D eigenvalue weighted by Gasteiger charge is 2.12. The molecule has 0 aliphatic carbocycles. The van der Waals surface area contributed by atoms with Crippen LogP contribution in [-0.4, -0.2) is 16.1 Å². The van der Waals surface area contributed by atoms with E-state index in [1.54, 1.807) is 18.3 Å². The van der Waals surface area contributed by atoms with E-state index in [1.807, 2.05) is 0 Å². The van der Waals surface area contributed by atoms with Crippen molar-refractivity contribution in [1.82, 2.24) is 4.98 Å². The van der Waals surface area contributed by atoms with Crippen LogP contribution in [0.3, 0.4) is 0 Å². The molecule has 1 rings (SSSR count). The SMILES string of the molecule is CCCCCCCCC(CCCCCC)Cc1cc(C(=O)O)ccn1. The molecule has 0 radical (unpaired) electrons. The van der Waals surface area contributed by atoms with Crippen molar-refractivity contribution in [1.29, 1.82) is 0 Å². The standard InChI is InChI=1S/C22H37NO2/c1-3-5-7-9-10-12-14-19(13-11-8-6-4-2)17-21-18-20(22(24)25)15-16-23-21/h15-16,18-19H,3-14,17H2,1-2H3,(H,24,25). The normalized spacial score (nSPS) is 12.2. The number of carbonyl (C=O) groups is 1. The summed E-state index contributed by atoms with van der Waals surface area (Å²) in [4.78, 5) is 15.6. The lowest BCUT2D eigenvalue weighted by molar-refractivity contribution is 0.0696. The maximum Gasteiger partial charge on any atom is 0.335 e. The lowest BCUT2D eigenvalue weighted by atomic mass is 9.90. The number of aromatic carboxylic acids is 1. The first-order valence-electron chi connectivity index (χ1n) is 10.4. The Morgan fingerprint density at radius 2 is 1.52 bits per heavy atom. The lowest BCUT2D eigenvalue weighted by Gasteiger charge is -2.17. The molecular weight excluding hydrogens is 310 g/mol. The van der Waals surface area contributed by atoms with Gasteiger partial charge in [0.2, 0.25) is 0 Å². The van der Waals surface area contributed by atoms with E-state index in [4.69, 9.17) is 5.11 Å². The van der Waals surface area contributed by atoms with E-state index in [0.717, 1.165) is 12.1 Å². The second-order valence-corrected chi connectivity index (χ2v) is 7.32. The topological polar surface area (TPSA) is 50.2 Å². The fourth-order valence-electron chi connectivity index (χ4n) is 3.44. The van der Waals surface area contributed by atoms with Crippen LogP contribution in [0.2, 0.25) is 0 Å². The number of pyridine rings is 1. The van der Waals surface area contributed by atoms with E-state index in [-0.39, 0.29) is 0 Å². The van der Waals surface area contributed by atoms with Crippen LogP contribution in [0.15, 0.2) is 18.3 Å². The first-order chi connectivity index (χ1) is 12.2. The molecule has 1 N–H and O–H groups in total. The average Bonchev–Trinajstić information content (AvgIpc) is 2.61. The highest BCUT2D eigenvalue weighted by Crippen LogP contribution is 2.22. The molecule has 1 aromatic heterocycles. The predicted molar refractivity (Wildman–Crippen MR) is 105 cm³/mol. The summed E-state index contributed by atoms with van der Waals surface area (Å²) in [7, 11) is 0. The number of unbranched alkanes of at least 4 members (excludes halogenated alkanes) is 8. The molecule has 0 bridgehead atoms. The fourth-order valence-corrected chi connectivity index (χ4v) is 3.44. The van der Waals surface area contributed by atoms with Crippen LogP contribution in [0, 0.1) is 5.92 Å². The highest BCUT2D eigenvalue weighted by molar-refractivity contribution is 5.87. The number of carboxylic acids is 1. The predicted octanol–water partition coefficient (Wildman–Crippen LogP) is 6.66. The van der Waals surface area contributed by atoms with E-state index in [2.05, 4.69) is 18.8 Å². The van der Waals surface area contributed by atoms with E-state index in [0.29, 0.717) is 11.5 Å². The smallest absolute Gasteiger partial charge is 0.335 e. The van der Waals surface area contributed by atoms with Crippen LogP contribution in [0.5, 0.6) is 0 Å². The van der Waals surface area contributed by atoms with Gasteiger partial charge in [-0.1, -0.05) is 90.9 Å². The molecule has 0 saturated heterocycles. The van der Waals surface area contributed by atoms with Gasteiger partial charge in [0, 0.05) is 11.9 Å². The van der Waals surface area contributed by atoms with Crippen LogP contribution in [0.4, 0.5) is 0 Å². The fraction of sp³-hybridized carbons (Fsp3) is 0.727. The molecule has 1 aromatic rings. The molecule has 1 unspecified atom stereocenters. The molecule has 25 heavy (non-hydrogen) atoms. The minimum Gasteiger partial charge on any atom is -0.478 e. The molecule has 0 spiro atoms. The second-order valence-electron chi connectivity index (χ2n) is 7.32. The molecule has 0 aromatic carbocycles. The van der Waals surface area contributed by atoms with Gasteiger partial charge in [-0.3, -0.25) is 4.98 Å². The van der Waals surface area contributed by atoms with Gasteiger partial charge in [0.25, 0.3) is 0 Å². The van der Waals surface area contributed by atoms with Crippen molar-refractivity contribution < 1.29 is 9.90 Å². The van der Waals surface area contributed by atoms with Gasteiger partial charge < -0.3 is 5.11 Å². The van der Waals surface area contributed by atoms with E-state index < -0.39 is 5.97 Å². The maximum atomic E-state index is 11.2.